The molecule has 5 aromatic heterocycles. The van der Waals surface area contributed by atoms with Gasteiger partial charge in [0, 0.05) is 21.9 Å². The van der Waals surface area contributed by atoms with Crippen LogP contribution in [0.1, 0.15) is 0 Å². The number of aromatic nitrogens is 2. The van der Waals surface area contributed by atoms with Crippen molar-refractivity contribution >= 4 is 54.4 Å². The maximum absolute atomic E-state index is 11.9. The van der Waals surface area contributed by atoms with Gasteiger partial charge in [0.25, 0.3) is 5.56 Å². The number of thiophene rings is 3. The lowest BCUT2D eigenvalue weighted by Gasteiger charge is -2.05. The van der Waals surface area contributed by atoms with Crippen LogP contribution in [0.25, 0.3) is 41.4 Å². The lowest BCUT2D eigenvalue weighted by atomic mass is 10.1. The van der Waals surface area contributed by atoms with E-state index in [1.54, 1.807) is 22.7 Å². The molecule has 0 radical (unpaired) electrons. The van der Waals surface area contributed by atoms with Gasteiger partial charge in [0.2, 0.25) is 0 Å². The van der Waals surface area contributed by atoms with E-state index >= 15 is 0 Å². The minimum absolute atomic E-state index is 0.00319. The zero-order chi connectivity index (χ0) is 17.0. The molecule has 0 aliphatic heterocycles. The molecule has 0 spiro atoms. The van der Waals surface area contributed by atoms with E-state index in [1.165, 1.54) is 17.4 Å². The van der Waals surface area contributed by atoms with Crippen molar-refractivity contribution in [2.45, 2.75) is 0 Å². The van der Waals surface area contributed by atoms with E-state index in [9.17, 15) is 9.90 Å². The molecule has 7 heteroatoms. The molecule has 0 aliphatic rings. The van der Waals surface area contributed by atoms with E-state index in [0.717, 1.165) is 31.2 Å². The predicted molar refractivity (Wildman–Crippen MR) is 106 cm³/mol. The Hall–Kier alpha value is -2.48. The number of nitrogens with one attached hydrogen (secondary N) is 1. The van der Waals surface area contributed by atoms with E-state index in [1.807, 2.05) is 29.0 Å². The first-order valence-electron chi connectivity index (χ1n) is 7.48. The summed E-state index contributed by atoms with van der Waals surface area (Å²) >= 11 is 4.68. The van der Waals surface area contributed by atoms with Gasteiger partial charge in [-0.25, -0.2) is 4.98 Å². The summed E-state index contributed by atoms with van der Waals surface area (Å²) < 4.78 is 0.656. The van der Waals surface area contributed by atoms with Crippen molar-refractivity contribution in [3.05, 3.63) is 57.5 Å². The third-order valence-electron chi connectivity index (χ3n) is 3.97. The maximum Gasteiger partial charge on any atom is 0.252 e. The van der Waals surface area contributed by atoms with E-state index in [2.05, 4.69) is 17.1 Å². The molecule has 5 aromatic rings. The lowest BCUT2D eigenvalue weighted by molar-refractivity contribution is 0.481. The van der Waals surface area contributed by atoms with Crippen LogP contribution in [-0.4, -0.2) is 15.1 Å². The molecule has 25 heavy (non-hydrogen) atoms. The molecule has 5 rings (SSSR count). The van der Waals surface area contributed by atoms with E-state index in [4.69, 9.17) is 4.98 Å². The number of fused-ring (bicyclic) bond motifs is 3. The molecular formula is C18H10N2O2S3. The number of pyridine rings is 2. The maximum atomic E-state index is 11.9. The molecular weight excluding hydrogens is 372 g/mol. The van der Waals surface area contributed by atoms with E-state index in [0.29, 0.717) is 10.2 Å². The monoisotopic (exact) mass is 382 g/mol. The molecule has 0 aliphatic carbocycles. The van der Waals surface area contributed by atoms with Crippen molar-refractivity contribution in [1.82, 2.24) is 9.97 Å². The van der Waals surface area contributed by atoms with Gasteiger partial charge in [0.05, 0.1) is 20.8 Å². The van der Waals surface area contributed by atoms with Crippen LogP contribution in [-0.2, 0) is 0 Å². The summed E-state index contributed by atoms with van der Waals surface area (Å²) in [6, 6.07) is 11.4. The first kappa shape index (κ1) is 14.8. The van der Waals surface area contributed by atoms with Crippen LogP contribution >= 0.6 is 34.0 Å². The first-order valence-corrected chi connectivity index (χ1v) is 10.1. The average Bonchev–Trinajstić information content (AvgIpc) is 3.34. The number of hydrogen-bond acceptors (Lipinski definition) is 6. The van der Waals surface area contributed by atoms with Crippen molar-refractivity contribution in [3.8, 4) is 26.8 Å². The Labute approximate surface area is 153 Å². The summed E-state index contributed by atoms with van der Waals surface area (Å²) in [7, 11) is 0. The fourth-order valence-electron chi connectivity index (χ4n) is 2.92. The van der Waals surface area contributed by atoms with Crippen molar-refractivity contribution in [1.29, 1.82) is 0 Å². The molecule has 0 saturated heterocycles. The number of H-pyrrole nitrogens is 1. The number of nitrogens with zero attached hydrogens (tertiary/aromatic N) is 1. The third kappa shape index (κ3) is 2.31. The smallest absolute Gasteiger partial charge is 0.252 e. The van der Waals surface area contributed by atoms with Gasteiger partial charge < -0.3 is 10.1 Å². The second-order valence-electron chi connectivity index (χ2n) is 5.51. The quantitative estimate of drug-likeness (QED) is 0.435. The Morgan fingerprint density at radius 3 is 2.52 bits per heavy atom. The van der Waals surface area contributed by atoms with E-state index < -0.39 is 0 Å². The lowest BCUT2D eigenvalue weighted by Crippen LogP contribution is -2.02. The Balaban J connectivity index is 1.97. The zero-order valence-corrected chi connectivity index (χ0v) is 15.1. The van der Waals surface area contributed by atoms with Crippen LogP contribution in [0.2, 0.25) is 0 Å². The van der Waals surface area contributed by atoms with Crippen molar-refractivity contribution in [2.75, 3.05) is 0 Å². The van der Waals surface area contributed by atoms with E-state index in [-0.39, 0.29) is 11.3 Å². The van der Waals surface area contributed by atoms with Gasteiger partial charge in [-0.2, -0.15) is 0 Å². The Bertz CT molecular complexity index is 1270. The Morgan fingerprint density at radius 2 is 1.80 bits per heavy atom. The molecule has 0 saturated carbocycles. The Kier molecular flexibility index (Phi) is 3.27. The fourth-order valence-corrected chi connectivity index (χ4v) is 5.43. The van der Waals surface area contributed by atoms with Gasteiger partial charge in [-0.3, -0.25) is 4.79 Å². The highest BCUT2D eigenvalue weighted by molar-refractivity contribution is 7.26. The summed E-state index contributed by atoms with van der Waals surface area (Å²) in [6.45, 7) is 0. The van der Waals surface area contributed by atoms with Crippen LogP contribution in [0.3, 0.4) is 0 Å². The topological polar surface area (TPSA) is 66.0 Å². The van der Waals surface area contributed by atoms with Gasteiger partial charge in [0.1, 0.15) is 10.6 Å². The Morgan fingerprint density at radius 1 is 1.04 bits per heavy atom. The minimum atomic E-state index is -0.316. The second kappa shape index (κ2) is 5.52. The summed E-state index contributed by atoms with van der Waals surface area (Å²) in [5.41, 5.74) is 2.26. The van der Waals surface area contributed by atoms with Crippen molar-refractivity contribution < 1.29 is 5.11 Å². The van der Waals surface area contributed by atoms with Gasteiger partial charge in [0.15, 0.2) is 0 Å². The predicted octanol–water partition coefficient (Wildman–Crippen LogP) is 5.30. The van der Waals surface area contributed by atoms with Crippen LogP contribution in [0, 0.1) is 0 Å². The molecule has 0 fully saturated rings. The number of aromatic hydroxyl groups is 1. The molecule has 122 valence electrons. The van der Waals surface area contributed by atoms with Crippen molar-refractivity contribution in [2.24, 2.45) is 0 Å². The molecule has 0 bridgehead atoms. The summed E-state index contributed by atoms with van der Waals surface area (Å²) in [6.07, 6.45) is 0. The standard InChI is InChI=1S/C18H10N2O2S3/c21-11-8-14(22)20-16-15-9(12-3-1-5-23-12)7-10(13-4-2-6-24-13)19-18(15)25-17(11)16/h1-8H,(H2,20,21,22). The van der Waals surface area contributed by atoms with Crippen LogP contribution in [0.4, 0.5) is 0 Å². The van der Waals surface area contributed by atoms with Gasteiger partial charge in [-0.1, -0.05) is 12.1 Å². The van der Waals surface area contributed by atoms with Gasteiger partial charge in [-0.15, -0.1) is 34.0 Å². The van der Waals surface area contributed by atoms with Gasteiger partial charge in [-0.05, 0) is 29.0 Å². The minimum Gasteiger partial charge on any atom is -0.506 e. The third-order valence-corrected chi connectivity index (χ3v) is 6.87. The molecule has 0 amide bonds. The molecule has 0 aromatic carbocycles. The molecule has 4 nitrogen and oxygen atoms in total. The second-order valence-corrected chi connectivity index (χ2v) is 8.41. The van der Waals surface area contributed by atoms with Crippen LogP contribution in [0.5, 0.6) is 5.75 Å². The number of aromatic amines is 1. The molecule has 0 unspecified atom stereocenters. The molecule has 0 atom stereocenters. The average molecular weight is 382 g/mol. The summed E-state index contributed by atoms with van der Waals surface area (Å²) in [5.74, 6) is -0.00319. The zero-order valence-electron chi connectivity index (χ0n) is 12.6. The van der Waals surface area contributed by atoms with Crippen molar-refractivity contribution in [3.63, 3.8) is 0 Å². The highest BCUT2D eigenvalue weighted by Crippen LogP contribution is 2.43. The highest BCUT2D eigenvalue weighted by atomic mass is 32.1. The summed E-state index contributed by atoms with van der Waals surface area (Å²) in [4.78, 5) is 22.5. The fraction of sp³-hybridized carbons (Fsp3) is 0. The normalized spacial score (nSPS) is 11.5. The van der Waals surface area contributed by atoms with Gasteiger partial charge >= 0.3 is 0 Å². The number of hydrogen-bond donors (Lipinski definition) is 2. The number of rotatable bonds is 2. The largest absolute Gasteiger partial charge is 0.506 e. The highest BCUT2D eigenvalue weighted by Gasteiger charge is 2.18. The summed E-state index contributed by atoms with van der Waals surface area (Å²) in [5, 5.41) is 15.1. The van der Waals surface area contributed by atoms with Crippen LogP contribution in [0.15, 0.2) is 52.0 Å². The molecule has 2 N–H and O–H groups in total. The molecule has 5 heterocycles. The first-order chi connectivity index (χ1) is 12.2. The SMILES string of the molecule is O=c1cc(O)c2sc3nc(-c4cccs4)cc(-c4cccs4)c3c2[nH]1. The van der Waals surface area contributed by atoms with Crippen LogP contribution < -0.4 is 5.56 Å².